The molecule has 0 N–H and O–H groups in total. The summed E-state index contributed by atoms with van der Waals surface area (Å²) in [5.74, 6) is 1.14. The average Bonchev–Trinajstić information content (AvgIpc) is 2.47. The molecule has 0 atom stereocenters. The molecule has 0 radical (unpaired) electrons. The molecule has 0 saturated heterocycles. The largest absolute Gasteiger partial charge is 0.245 e. The minimum atomic E-state index is 0.568. The van der Waals surface area contributed by atoms with Gasteiger partial charge in [-0.3, -0.25) is 0 Å². The Morgan fingerprint density at radius 1 is 1.15 bits per heavy atom. The first-order valence-electron chi connectivity index (χ1n) is 5.05. The summed E-state index contributed by atoms with van der Waals surface area (Å²) in [5, 5.41) is 1.29. The van der Waals surface area contributed by atoms with Gasteiger partial charge in [-0.1, -0.05) is 34.6 Å². The van der Waals surface area contributed by atoms with Gasteiger partial charge in [0.15, 0.2) is 0 Å². The second kappa shape index (κ2) is 4.23. The van der Waals surface area contributed by atoms with Crippen LogP contribution in [0.3, 0.4) is 0 Å². The maximum Gasteiger partial charge on any atom is 0.0956 e. The van der Waals surface area contributed by atoms with Gasteiger partial charge >= 0.3 is 0 Å². The van der Waals surface area contributed by atoms with E-state index in [-0.39, 0.29) is 0 Å². The van der Waals surface area contributed by atoms with Gasteiger partial charge in [-0.2, -0.15) is 0 Å². The minimum Gasteiger partial charge on any atom is -0.245 e. The Morgan fingerprint density at radius 3 is 2.08 bits per heavy atom. The molecule has 0 fully saturated rings. The van der Waals surface area contributed by atoms with Crippen LogP contribution < -0.4 is 0 Å². The van der Waals surface area contributed by atoms with Crippen molar-refractivity contribution in [3.8, 4) is 0 Å². The molecule has 1 heterocycles. The Labute approximate surface area is 85.2 Å². The van der Waals surface area contributed by atoms with E-state index in [9.17, 15) is 0 Å². The molecule has 0 amide bonds. The average molecular weight is 197 g/mol. The van der Waals surface area contributed by atoms with Crippen LogP contribution in [0.25, 0.3) is 0 Å². The van der Waals surface area contributed by atoms with E-state index in [4.69, 9.17) is 4.98 Å². The third kappa shape index (κ3) is 2.31. The van der Waals surface area contributed by atoms with Crippen molar-refractivity contribution < 1.29 is 0 Å². The Hall–Kier alpha value is -0.370. The molecule has 1 rings (SSSR count). The van der Waals surface area contributed by atoms with Gasteiger partial charge in [0, 0.05) is 10.8 Å². The topological polar surface area (TPSA) is 12.9 Å². The van der Waals surface area contributed by atoms with Crippen LogP contribution in [-0.4, -0.2) is 4.98 Å². The van der Waals surface area contributed by atoms with Crippen LogP contribution in [0, 0.1) is 0 Å². The summed E-state index contributed by atoms with van der Waals surface area (Å²) >= 11 is 1.88. The highest BCUT2D eigenvalue weighted by atomic mass is 32.1. The standard InChI is InChI=1S/C11H19NS/c1-6-9-10(7(2)3)12-11(13-9)8(4)5/h7-8H,6H2,1-5H3. The van der Waals surface area contributed by atoms with Gasteiger partial charge in [-0.15, -0.1) is 11.3 Å². The van der Waals surface area contributed by atoms with E-state index in [0.717, 1.165) is 6.42 Å². The number of thiazole rings is 1. The van der Waals surface area contributed by atoms with E-state index in [0.29, 0.717) is 11.8 Å². The van der Waals surface area contributed by atoms with Crippen LogP contribution in [0.15, 0.2) is 0 Å². The molecule has 0 bridgehead atoms. The zero-order chi connectivity index (χ0) is 10.0. The summed E-state index contributed by atoms with van der Waals surface area (Å²) in [7, 11) is 0. The minimum absolute atomic E-state index is 0.568. The van der Waals surface area contributed by atoms with Gasteiger partial charge in [0.2, 0.25) is 0 Å². The predicted molar refractivity (Wildman–Crippen MR) is 59.7 cm³/mol. The van der Waals surface area contributed by atoms with Crippen LogP contribution in [0.5, 0.6) is 0 Å². The molecular weight excluding hydrogens is 178 g/mol. The third-order valence-corrected chi connectivity index (χ3v) is 3.62. The van der Waals surface area contributed by atoms with E-state index in [1.165, 1.54) is 15.6 Å². The summed E-state index contributed by atoms with van der Waals surface area (Å²) in [6.07, 6.45) is 1.12. The molecule has 0 saturated carbocycles. The van der Waals surface area contributed by atoms with E-state index >= 15 is 0 Å². The van der Waals surface area contributed by atoms with Gasteiger partial charge in [0.25, 0.3) is 0 Å². The van der Waals surface area contributed by atoms with Gasteiger partial charge < -0.3 is 0 Å². The molecule has 13 heavy (non-hydrogen) atoms. The maximum absolute atomic E-state index is 4.70. The number of rotatable bonds is 3. The Morgan fingerprint density at radius 2 is 1.77 bits per heavy atom. The van der Waals surface area contributed by atoms with Crippen molar-refractivity contribution in [1.29, 1.82) is 0 Å². The monoisotopic (exact) mass is 197 g/mol. The summed E-state index contributed by atoms with van der Waals surface area (Å²) < 4.78 is 0. The van der Waals surface area contributed by atoms with Gasteiger partial charge in [-0.05, 0) is 12.3 Å². The van der Waals surface area contributed by atoms with Gasteiger partial charge in [0.1, 0.15) is 0 Å². The van der Waals surface area contributed by atoms with Crippen LogP contribution in [0.2, 0.25) is 0 Å². The number of aromatic nitrogens is 1. The smallest absolute Gasteiger partial charge is 0.0956 e. The lowest BCUT2D eigenvalue weighted by atomic mass is 10.1. The molecule has 0 aliphatic carbocycles. The number of hydrogen-bond acceptors (Lipinski definition) is 2. The second-order valence-corrected chi connectivity index (χ2v) is 5.14. The summed E-state index contributed by atoms with van der Waals surface area (Å²) in [5.41, 5.74) is 1.32. The molecule has 0 unspecified atom stereocenters. The number of hydrogen-bond donors (Lipinski definition) is 0. The first-order valence-corrected chi connectivity index (χ1v) is 5.87. The lowest BCUT2D eigenvalue weighted by molar-refractivity contribution is 0.783. The summed E-state index contributed by atoms with van der Waals surface area (Å²) in [6.45, 7) is 11.1. The Kier molecular flexibility index (Phi) is 3.48. The molecule has 0 spiro atoms. The van der Waals surface area contributed by atoms with E-state index in [1.807, 2.05) is 11.3 Å². The Bertz CT molecular complexity index is 274. The summed E-state index contributed by atoms with van der Waals surface area (Å²) in [4.78, 5) is 6.17. The molecule has 0 aromatic carbocycles. The fraction of sp³-hybridized carbons (Fsp3) is 0.727. The highest BCUT2D eigenvalue weighted by Crippen LogP contribution is 2.29. The highest BCUT2D eigenvalue weighted by molar-refractivity contribution is 7.11. The van der Waals surface area contributed by atoms with Crippen molar-refractivity contribution in [3.05, 3.63) is 15.6 Å². The van der Waals surface area contributed by atoms with Crippen molar-refractivity contribution in [2.45, 2.75) is 52.9 Å². The second-order valence-electron chi connectivity index (χ2n) is 4.02. The predicted octanol–water partition coefficient (Wildman–Crippen LogP) is 3.95. The maximum atomic E-state index is 4.70. The van der Waals surface area contributed by atoms with Crippen LogP contribution in [-0.2, 0) is 6.42 Å². The van der Waals surface area contributed by atoms with Crippen molar-refractivity contribution >= 4 is 11.3 Å². The van der Waals surface area contributed by atoms with Crippen molar-refractivity contribution in [2.75, 3.05) is 0 Å². The normalized spacial score (nSPS) is 11.6. The molecule has 0 aliphatic rings. The van der Waals surface area contributed by atoms with Crippen molar-refractivity contribution in [1.82, 2.24) is 4.98 Å². The molecule has 74 valence electrons. The molecule has 2 heteroatoms. The lowest BCUT2D eigenvalue weighted by Gasteiger charge is -2.01. The first-order chi connectivity index (χ1) is 6.06. The van der Waals surface area contributed by atoms with Crippen LogP contribution >= 0.6 is 11.3 Å². The number of aryl methyl sites for hydroxylation is 1. The van der Waals surface area contributed by atoms with Crippen LogP contribution in [0.1, 0.15) is 62.0 Å². The highest BCUT2D eigenvalue weighted by Gasteiger charge is 2.14. The first kappa shape index (κ1) is 10.7. The van der Waals surface area contributed by atoms with Crippen LogP contribution in [0.4, 0.5) is 0 Å². The van der Waals surface area contributed by atoms with Crippen molar-refractivity contribution in [3.63, 3.8) is 0 Å². The fourth-order valence-electron chi connectivity index (χ4n) is 1.33. The lowest BCUT2D eigenvalue weighted by Crippen LogP contribution is -1.93. The quantitative estimate of drug-likeness (QED) is 0.715. The summed E-state index contributed by atoms with van der Waals surface area (Å²) in [6, 6.07) is 0. The number of nitrogens with zero attached hydrogens (tertiary/aromatic N) is 1. The molecule has 0 aliphatic heterocycles. The van der Waals surface area contributed by atoms with Gasteiger partial charge in [0.05, 0.1) is 10.7 Å². The zero-order valence-corrected chi connectivity index (χ0v) is 10.0. The van der Waals surface area contributed by atoms with Crippen molar-refractivity contribution in [2.24, 2.45) is 0 Å². The fourth-order valence-corrected chi connectivity index (χ4v) is 2.50. The SMILES string of the molecule is CCc1sc(C(C)C)nc1C(C)C. The van der Waals surface area contributed by atoms with Gasteiger partial charge in [-0.25, -0.2) is 4.98 Å². The zero-order valence-electron chi connectivity index (χ0n) is 9.22. The Balaban J connectivity index is 3.04. The van der Waals surface area contributed by atoms with E-state index in [1.54, 1.807) is 0 Å². The third-order valence-electron chi connectivity index (χ3n) is 2.11. The van der Waals surface area contributed by atoms with E-state index < -0.39 is 0 Å². The molecule has 1 nitrogen and oxygen atoms in total. The molecule has 1 aromatic rings. The molecular formula is C11H19NS. The van der Waals surface area contributed by atoms with E-state index in [2.05, 4.69) is 34.6 Å². The molecule has 1 aromatic heterocycles.